The van der Waals surface area contributed by atoms with Crippen LogP contribution in [0, 0.1) is 11.8 Å². The molecule has 4 atom stereocenters. The fourth-order valence-corrected chi connectivity index (χ4v) is 6.51. The molecule has 35 heavy (non-hydrogen) atoms. The second-order valence-corrected chi connectivity index (χ2v) is 10.9. The van der Waals surface area contributed by atoms with Gasteiger partial charge in [0.25, 0.3) is 0 Å². The maximum Gasteiger partial charge on any atom is 0.124 e. The number of benzene rings is 3. The van der Waals surface area contributed by atoms with Crippen molar-refractivity contribution in [3.63, 3.8) is 0 Å². The van der Waals surface area contributed by atoms with Gasteiger partial charge in [-0.1, -0.05) is 30.3 Å². The van der Waals surface area contributed by atoms with Gasteiger partial charge >= 0.3 is 0 Å². The van der Waals surface area contributed by atoms with Crippen LogP contribution in [-0.2, 0) is 0 Å². The Kier molecular flexibility index (Phi) is 4.26. The molecule has 3 N–H and O–H groups in total. The fraction of sp³-hybridized carbons (Fsp3) is 0.333. The second kappa shape index (κ2) is 7.53. The minimum Gasteiger partial charge on any atom is -0.347 e. The standard InChI is InChI=1S/C30H29N5/c1-2-26(31-9-1)30-32-16-28(35-30)21-6-5-17-10-18(3-4-19(17)11-21)20-7-8-25-27(15-20)34-29(33-25)24-13-22-12-23(22)14-24/h3-8,10-11,15-16,22-24,26,31H,1-2,9,12-14H2,(H,32,35)(H,33,34)/t22-,23+,24-,26-/m0/s1. The normalized spacial score (nSPS) is 25.5. The summed E-state index contributed by atoms with van der Waals surface area (Å²) in [6.45, 7) is 1.08. The zero-order valence-electron chi connectivity index (χ0n) is 19.7. The summed E-state index contributed by atoms with van der Waals surface area (Å²) in [6.07, 6.45) is 8.50. The highest BCUT2D eigenvalue weighted by atomic mass is 15.0. The molecule has 5 nitrogen and oxygen atoms in total. The van der Waals surface area contributed by atoms with Gasteiger partial charge in [0.15, 0.2) is 0 Å². The van der Waals surface area contributed by atoms with Gasteiger partial charge in [-0.3, -0.25) is 0 Å². The van der Waals surface area contributed by atoms with Crippen LogP contribution >= 0.6 is 0 Å². The molecule has 2 aromatic heterocycles. The summed E-state index contributed by atoms with van der Waals surface area (Å²) in [5, 5.41) is 6.00. The van der Waals surface area contributed by atoms with E-state index in [2.05, 4.69) is 69.9 Å². The SMILES string of the molecule is c1cc2cc(-c3c[nH]c([C@@H]4CCCN4)n3)ccc2cc1-c1ccc2nc([C@H]3C[C@@H]4C[C@@H]4C3)[nH]c2c1. The molecule has 3 fully saturated rings. The minimum atomic E-state index is 0.360. The van der Waals surface area contributed by atoms with Crippen molar-refractivity contribution in [3.05, 3.63) is 72.4 Å². The molecule has 1 aliphatic heterocycles. The Labute approximate surface area is 204 Å². The van der Waals surface area contributed by atoms with Gasteiger partial charge in [-0.25, -0.2) is 9.97 Å². The van der Waals surface area contributed by atoms with E-state index >= 15 is 0 Å². The Morgan fingerprint density at radius 3 is 2.34 bits per heavy atom. The number of rotatable bonds is 4. The number of hydrogen-bond acceptors (Lipinski definition) is 3. The van der Waals surface area contributed by atoms with E-state index in [1.165, 1.54) is 53.4 Å². The van der Waals surface area contributed by atoms with E-state index in [1.807, 2.05) is 6.20 Å². The van der Waals surface area contributed by atoms with Crippen LogP contribution in [0.3, 0.4) is 0 Å². The van der Waals surface area contributed by atoms with Gasteiger partial charge in [0.1, 0.15) is 11.6 Å². The van der Waals surface area contributed by atoms with Crippen LogP contribution in [-0.4, -0.2) is 26.5 Å². The Balaban J connectivity index is 1.08. The number of H-pyrrole nitrogens is 2. The lowest BCUT2D eigenvalue weighted by atomic mass is 9.99. The second-order valence-electron chi connectivity index (χ2n) is 10.9. The number of hydrogen-bond donors (Lipinski definition) is 3. The highest BCUT2D eigenvalue weighted by molar-refractivity contribution is 5.91. The highest BCUT2D eigenvalue weighted by Gasteiger charge is 2.47. The Morgan fingerprint density at radius 2 is 1.51 bits per heavy atom. The van der Waals surface area contributed by atoms with Crippen molar-refractivity contribution in [3.8, 4) is 22.4 Å². The Morgan fingerprint density at radius 1 is 0.743 bits per heavy atom. The highest BCUT2D eigenvalue weighted by Crippen LogP contribution is 2.57. The van der Waals surface area contributed by atoms with Gasteiger partial charge in [0.05, 0.1) is 22.8 Å². The smallest absolute Gasteiger partial charge is 0.124 e. The molecule has 2 aliphatic carbocycles. The van der Waals surface area contributed by atoms with Gasteiger partial charge in [-0.15, -0.1) is 0 Å². The Hall–Kier alpha value is -3.44. The summed E-state index contributed by atoms with van der Waals surface area (Å²) in [5.74, 6) is 4.82. The average Bonchev–Trinajstić information content (AvgIpc) is 3.47. The first kappa shape index (κ1) is 19.8. The summed E-state index contributed by atoms with van der Waals surface area (Å²) in [7, 11) is 0. The molecular weight excluding hydrogens is 430 g/mol. The van der Waals surface area contributed by atoms with Gasteiger partial charge in [0, 0.05) is 17.7 Å². The number of nitrogens with zero attached hydrogens (tertiary/aromatic N) is 2. The third kappa shape index (κ3) is 3.41. The van der Waals surface area contributed by atoms with Crippen LogP contribution < -0.4 is 5.32 Å². The topological polar surface area (TPSA) is 69.4 Å². The molecule has 0 bridgehead atoms. The van der Waals surface area contributed by atoms with Crippen LogP contribution in [0.2, 0.25) is 0 Å². The molecule has 2 saturated carbocycles. The summed E-state index contributed by atoms with van der Waals surface area (Å²) in [5.41, 5.74) is 6.87. The zero-order chi connectivity index (χ0) is 22.9. The van der Waals surface area contributed by atoms with E-state index in [9.17, 15) is 0 Å². The third-order valence-corrected chi connectivity index (χ3v) is 8.59. The maximum atomic E-state index is 4.93. The molecule has 8 rings (SSSR count). The molecule has 3 heterocycles. The molecule has 0 radical (unpaired) electrons. The summed E-state index contributed by atoms with van der Waals surface area (Å²) in [6, 6.07) is 20.4. The number of aromatic nitrogens is 4. The summed E-state index contributed by atoms with van der Waals surface area (Å²) >= 11 is 0. The molecule has 174 valence electrons. The molecule has 1 saturated heterocycles. The van der Waals surface area contributed by atoms with E-state index in [-0.39, 0.29) is 0 Å². The van der Waals surface area contributed by atoms with Crippen molar-refractivity contribution >= 4 is 21.8 Å². The molecule has 5 aromatic rings. The van der Waals surface area contributed by atoms with Crippen LogP contribution in [0.5, 0.6) is 0 Å². The van der Waals surface area contributed by atoms with Crippen molar-refractivity contribution in [1.29, 1.82) is 0 Å². The zero-order valence-corrected chi connectivity index (χ0v) is 19.7. The Bertz CT molecular complexity index is 1560. The predicted octanol–water partition coefficient (Wildman–Crippen LogP) is 6.71. The lowest BCUT2D eigenvalue weighted by molar-refractivity contribution is 0.597. The fourth-order valence-electron chi connectivity index (χ4n) is 6.51. The number of aromatic amines is 2. The molecule has 0 spiro atoms. The monoisotopic (exact) mass is 459 g/mol. The predicted molar refractivity (Wildman–Crippen MR) is 140 cm³/mol. The van der Waals surface area contributed by atoms with Crippen molar-refractivity contribution < 1.29 is 0 Å². The summed E-state index contributed by atoms with van der Waals surface area (Å²) in [4.78, 5) is 16.8. The van der Waals surface area contributed by atoms with Gasteiger partial charge < -0.3 is 15.3 Å². The van der Waals surface area contributed by atoms with Crippen molar-refractivity contribution in [1.82, 2.24) is 25.3 Å². The van der Waals surface area contributed by atoms with Crippen molar-refractivity contribution in [2.45, 2.75) is 44.1 Å². The molecule has 5 heteroatoms. The average molecular weight is 460 g/mol. The van der Waals surface area contributed by atoms with Crippen LogP contribution in [0.4, 0.5) is 0 Å². The number of fused-ring (bicyclic) bond motifs is 3. The van der Waals surface area contributed by atoms with Gasteiger partial charge in [0.2, 0.25) is 0 Å². The van der Waals surface area contributed by atoms with E-state index in [0.29, 0.717) is 12.0 Å². The van der Waals surface area contributed by atoms with E-state index in [4.69, 9.17) is 9.97 Å². The van der Waals surface area contributed by atoms with Gasteiger partial charge in [-0.05, 0) is 96.6 Å². The molecular formula is C30H29N5. The lowest BCUT2D eigenvalue weighted by Crippen LogP contribution is -2.14. The maximum absolute atomic E-state index is 4.93. The first-order valence-electron chi connectivity index (χ1n) is 13.1. The van der Waals surface area contributed by atoms with Crippen LogP contribution in [0.25, 0.3) is 44.2 Å². The quantitative estimate of drug-likeness (QED) is 0.280. The van der Waals surface area contributed by atoms with Crippen LogP contribution in [0.1, 0.15) is 55.7 Å². The van der Waals surface area contributed by atoms with Gasteiger partial charge in [-0.2, -0.15) is 0 Å². The van der Waals surface area contributed by atoms with E-state index in [0.717, 1.165) is 52.9 Å². The first-order valence-corrected chi connectivity index (χ1v) is 13.1. The minimum absolute atomic E-state index is 0.360. The third-order valence-electron chi connectivity index (χ3n) is 8.59. The largest absolute Gasteiger partial charge is 0.347 e. The van der Waals surface area contributed by atoms with Crippen molar-refractivity contribution in [2.75, 3.05) is 6.54 Å². The first-order chi connectivity index (χ1) is 17.3. The summed E-state index contributed by atoms with van der Waals surface area (Å²) < 4.78 is 0. The molecule has 0 amide bonds. The van der Waals surface area contributed by atoms with E-state index in [1.54, 1.807) is 0 Å². The number of imidazole rings is 2. The molecule has 3 aliphatic rings. The van der Waals surface area contributed by atoms with Crippen molar-refractivity contribution in [2.24, 2.45) is 11.8 Å². The molecule has 0 unspecified atom stereocenters. The van der Waals surface area contributed by atoms with Crippen LogP contribution in [0.15, 0.2) is 60.8 Å². The lowest BCUT2D eigenvalue weighted by Gasteiger charge is -2.07. The molecule has 3 aromatic carbocycles. The van der Waals surface area contributed by atoms with E-state index < -0.39 is 0 Å². The number of nitrogens with one attached hydrogen (secondary N) is 3.